The van der Waals surface area contributed by atoms with Gasteiger partial charge in [-0.1, -0.05) is 51.9 Å². The van der Waals surface area contributed by atoms with Crippen molar-refractivity contribution >= 4 is 0 Å². The number of quaternary nitrogens is 1. The molecule has 0 aromatic rings. The van der Waals surface area contributed by atoms with E-state index >= 15 is 0 Å². The molecule has 0 fully saturated rings. The molecular formula is C18H39NO. The zero-order valence-corrected chi connectivity index (χ0v) is 14.5. The average Bonchev–Trinajstić information content (AvgIpc) is 2.46. The SMILES string of the molecule is CCCCCCCCCCC=C[N+](CC)(CC)CC.[OH-]. The first-order valence-corrected chi connectivity index (χ1v) is 8.78. The Morgan fingerprint density at radius 1 is 0.650 bits per heavy atom. The standard InChI is InChI=1S/C18H38N.H2O/c1-5-9-10-11-12-13-14-15-16-17-18-19(6-2,7-3)8-4;/h17-18H,5-16H2,1-4H3;1H2/q+1;/p-1. The molecule has 0 spiro atoms. The van der Waals surface area contributed by atoms with Gasteiger partial charge in [-0.3, -0.25) is 4.48 Å². The van der Waals surface area contributed by atoms with E-state index in [4.69, 9.17) is 0 Å². The van der Waals surface area contributed by atoms with Gasteiger partial charge >= 0.3 is 0 Å². The van der Waals surface area contributed by atoms with Crippen LogP contribution in [0.3, 0.4) is 0 Å². The third-order valence-corrected chi connectivity index (χ3v) is 4.54. The van der Waals surface area contributed by atoms with Crippen LogP contribution < -0.4 is 0 Å². The van der Waals surface area contributed by atoms with Gasteiger partial charge in [-0.2, -0.15) is 0 Å². The topological polar surface area (TPSA) is 30.0 Å². The number of hydrogen-bond acceptors (Lipinski definition) is 1. The second kappa shape index (κ2) is 15.1. The molecule has 0 aliphatic rings. The van der Waals surface area contributed by atoms with Crippen LogP contribution in [0.15, 0.2) is 12.3 Å². The maximum absolute atomic E-state index is 2.45. The number of hydrogen-bond donors (Lipinski definition) is 0. The lowest BCUT2D eigenvalue weighted by Crippen LogP contribution is -2.41. The molecule has 0 bridgehead atoms. The summed E-state index contributed by atoms with van der Waals surface area (Å²) >= 11 is 0. The Bertz CT molecular complexity index is 201. The van der Waals surface area contributed by atoms with Crippen molar-refractivity contribution in [2.24, 2.45) is 0 Å². The predicted octanol–water partition coefficient (Wildman–Crippen LogP) is 5.73. The van der Waals surface area contributed by atoms with E-state index in [0.29, 0.717) is 0 Å². The zero-order chi connectivity index (χ0) is 14.4. The van der Waals surface area contributed by atoms with Gasteiger partial charge in [-0.15, -0.1) is 0 Å². The predicted molar refractivity (Wildman–Crippen MR) is 90.2 cm³/mol. The molecule has 20 heavy (non-hydrogen) atoms. The van der Waals surface area contributed by atoms with Gasteiger partial charge in [-0.05, 0) is 39.7 Å². The van der Waals surface area contributed by atoms with Crippen molar-refractivity contribution in [2.45, 2.75) is 85.5 Å². The lowest BCUT2D eigenvalue weighted by atomic mass is 10.1. The summed E-state index contributed by atoms with van der Waals surface area (Å²) < 4.78 is 1.15. The van der Waals surface area contributed by atoms with Crippen LogP contribution in [0, 0.1) is 0 Å². The van der Waals surface area contributed by atoms with Gasteiger partial charge in [0, 0.05) is 0 Å². The van der Waals surface area contributed by atoms with Crippen LogP contribution in [-0.4, -0.2) is 29.6 Å². The first-order valence-electron chi connectivity index (χ1n) is 8.78. The molecule has 0 aromatic heterocycles. The Kier molecular flexibility index (Phi) is 16.5. The molecule has 0 aliphatic heterocycles. The Morgan fingerprint density at radius 3 is 1.55 bits per heavy atom. The Hall–Kier alpha value is -0.340. The van der Waals surface area contributed by atoms with E-state index in [2.05, 4.69) is 40.0 Å². The van der Waals surface area contributed by atoms with Gasteiger partial charge in [-0.25, -0.2) is 0 Å². The molecule has 0 radical (unpaired) electrons. The minimum atomic E-state index is 0. The smallest absolute Gasteiger partial charge is 0.0917 e. The average molecular weight is 286 g/mol. The molecule has 0 aliphatic carbocycles. The van der Waals surface area contributed by atoms with Crippen molar-refractivity contribution in [3.05, 3.63) is 12.3 Å². The fourth-order valence-electron chi connectivity index (χ4n) is 2.68. The number of unbranched alkanes of at least 4 members (excludes halogenated alkanes) is 8. The normalized spacial score (nSPS) is 11.8. The quantitative estimate of drug-likeness (QED) is 0.314. The van der Waals surface area contributed by atoms with Gasteiger partial charge in [0.05, 0.1) is 25.8 Å². The van der Waals surface area contributed by atoms with E-state index in [1.165, 1.54) is 77.4 Å². The summed E-state index contributed by atoms with van der Waals surface area (Å²) in [6, 6.07) is 0. The third-order valence-electron chi connectivity index (χ3n) is 4.54. The summed E-state index contributed by atoms with van der Waals surface area (Å²) in [5.74, 6) is 0. The van der Waals surface area contributed by atoms with E-state index in [0.717, 1.165) is 4.48 Å². The summed E-state index contributed by atoms with van der Waals surface area (Å²) in [5.41, 5.74) is 0. The van der Waals surface area contributed by atoms with E-state index in [1.54, 1.807) is 0 Å². The molecule has 2 nitrogen and oxygen atoms in total. The summed E-state index contributed by atoms with van der Waals surface area (Å²) in [5, 5.41) is 0. The lowest BCUT2D eigenvalue weighted by molar-refractivity contribution is -0.874. The highest BCUT2D eigenvalue weighted by Gasteiger charge is 2.15. The molecular weight excluding hydrogens is 246 g/mol. The van der Waals surface area contributed by atoms with Crippen molar-refractivity contribution in [1.29, 1.82) is 0 Å². The van der Waals surface area contributed by atoms with Gasteiger partial charge in [0.25, 0.3) is 0 Å². The van der Waals surface area contributed by atoms with E-state index < -0.39 is 0 Å². The molecule has 1 N–H and O–H groups in total. The molecule has 2 heteroatoms. The van der Waals surface area contributed by atoms with E-state index in [9.17, 15) is 0 Å². The fourth-order valence-corrected chi connectivity index (χ4v) is 2.68. The molecule has 0 atom stereocenters. The van der Waals surface area contributed by atoms with Gasteiger partial charge < -0.3 is 5.48 Å². The molecule has 0 unspecified atom stereocenters. The van der Waals surface area contributed by atoms with Crippen molar-refractivity contribution < 1.29 is 9.96 Å². The Morgan fingerprint density at radius 2 is 1.10 bits per heavy atom. The van der Waals surface area contributed by atoms with Crippen molar-refractivity contribution in [1.82, 2.24) is 0 Å². The van der Waals surface area contributed by atoms with Crippen molar-refractivity contribution in [2.75, 3.05) is 19.6 Å². The molecule has 0 saturated heterocycles. The third kappa shape index (κ3) is 10.4. The summed E-state index contributed by atoms with van der Waals surface area (Å²) in [4.78, 5) is 0. The molecule has 0 aromatic carbocycles. The van der Waals surface area contributed by atoms with Crippen LogP contribution >= 0.6 is 0 Å². The van der Waals surface area contributed by atoms with Crippen LogP contribution in [0.5, 0.6) is 0 Å². The van der Waals surface area contributed by atoms with Crippen LogP contribution in [0.1, 0.15) is 85.5 Å². The van der Waals surface area contributed by atoms with E-state index in [1.807, 2.05) is 0 Å². The monoisotopic (exact) mass is 285 g/mol. The van der Waals surface area contributed by atoms with Crippen LogP contribution in [-0.2, 0) is 0 Å². The number of allylic oxidation sites excluding steroid dienone is 1. The van der Waals surface area contributed by atoms with Gasteiger partial charge in [0.1, 0.15) is 0 Å². The highest BCUT2D eigenvalue weighted by Crippen LogP contribution is 2.11. The Balaban J connectivity index is 0. The highest BCUT2D eigenvalue weighted by molar-refractivity contribution is 4.74. The van der Waals surface area contributed by atoms with Gasteiger partial charge in [0.15, 0.2) is 0 Å². The van der Waals surface area contributed by atoms with Crippen LogP contribution in [0.4, 0.5) is 0 Å². The minimum Gasteiger partial charge on any atom is -0.870 e. The van der Waals surface area contributed by atoms with Crippen LogP contribution in [0.25, 0.3) is 0 Å². The number of rotatable bonds is 13. The second-order valence-electron chi connectivity index (χ2n) is 5.82. The first kappa shape index (κ1) is 21.9. The Labute approximate surface area is 128 Å². The molecule has 0 amide bonds. The molecule has 0 saturated carbocycles. The zero-order valence-electron chi connectivity index (χ0n) is 14.5. The summed E-state index contributed by atoms with van der Waals surface area (Å²) in [6.07, 6.45) is 17.5. The first-order chi connectivity index (χ1) is 9.24. The fraction of sp³-hybridized carbons (Fsp3) is 0.889. The highest BCUT2D eigenvalue weighted by atomic mass is 16.0. The largest absolute Gasteiger partial charge is 0.870 e. The van der Waals surface area contributed by atoms with Gasteiger partial charge in [0.2, 0.25) is 0 Å². The summed E-state index contributed by atoms with van der Waals surface area (Å²) in [7, 11) is 0. The van der Waals surface area contributed by atoms with E-state index in [-0.39, 0.29) is 5.48 Å². The maximum Gasteiger partial charge on any atom is 0.0917 e. The minimum absolute atomic E-state index is 0. The summed E-state index contributed by atoms with van der Waals surface area (Å²) in [6.45, 7) is 12.9. The molecule has 122 valence electrons. The molecule has 0 heterocycles. The van der Waals surface area contributed by atoms with Crippen molar-refractivity contribution in [3.63, 3.8) is 0 Å². The van der Waals surface area contributed by atoms with Crippen LogP contribution in [0.2, 0.25) is 0 Å². The van der Waals surface area contributed by atoms with Crippen molar-refractivity contribution in [3.8, 4) is 0 Å². The second-order valence-corrected chi connectivity index (χ2v) is 5.82. The maximum atomic E-state index is 2.45. The lowest BCUT2D eigenvalue weighted by Gasteiger charge is -2.31. The molecule has 0 rings (SSSR count). The number of nitrogens with zero attached hydrogens (tertiary/aromatic N) is 1.